The lowest BCUT2D eigenvalue weighted by Crippen LogP contribution is -1.99. The van der Waals surface area contributed by atoms with Crippen molar-refractivity contribution >= 4 is 17.5 Å². The molecule has 1 aromatic carbocycles. The van der Waals surface area contributed by atoms with Gasteiger partial charge in [0.2, 0.25) is 5.88 Å². The Hall–Kier alpha value is -1.88. The Balaban J connectivity index is 2.77. The molecule has 0 radical (unpaired) electrons. The van der Waals surface area contributed by atoms with Crippen molar-refractivity contribution < 1.29 is 14.0 Å². The summed E-state index contributed by atoms with van der Waals surface area (Å²) in [6.07, 6.45) is 2.25. The molecule has 0 spiro atoms. The molecule has 1 heterocycles. The van der Waals surface area contributed by atoms with Crippen LogP contribution in [0.3, 0.4) is 0 Å². The molecule has 0 bridgehead atoms. The molecule has 2 rings (SSSR count). The van der Waals surface area contributed by atoms with E-state index >= 15 is 0 Å². The van der Waals surface area contributed by atoms with Gasteiger partial charge in [-0.2, -0.15) is 0 Å². The minimum Gasteiger partial charge on any atom is -0.493 e. The van der Waals surface area contributed by atoms with E-state index in [0.717, 1.165) is 11.1 Å². The number of hydrogen-bond acceptors (Lipinski definition) is 5. The van der Waals surface area contributed by atoms with Gasteiger partial charge in [-0.15, -0.1) is 0 Å². The van der Waals surface area contributed by atoms with E-state index in [-0.39, 0.29) is 5.88 Å². The van der Waals surface area contributed by atoms with Crippen LogP contribution < -0.4 is 15.2 Å². The molecule has 0 unspecified atom stereocenters. The van der Waals surface area contributed by atoms with Crippen molar-refractivity contribution in [2.75, 3.05) is 20.0 Å². The van der Waals surface area contributed by atoms with Crippen LogP contribution in [0, 0.1) is 0 Å². The topological polar surface area (TPSA) is 70.5 Å². The van der Waals surface area contributed by atoms with Gasteiger partial charge in [-0.3, -0.25) is 0 Å². The maximum atomic E-state index is 6.32. The number of nitrogen functional groups attached to an aromatic ring is 1. The minimum absolute atomic E-state index is 0.226. The molecule has 1 aromatic heterocycles. The number of benzene rings is 1. The highest BCUT2D eigenvalue weighted by Gasteiger charge is 2.21. The highest BCUT2D eigenvalue weighted by atomic mass is 35.5. The zero-order valence-corrected chi connectivity index (χ0v) is 11.7. The fourth-order valence-electron chi connectivity index (χ4n) is 2.10. The Bertz CT molecular complexity index is 596. The van der Waals surface area contributed by atoms with Gasteiger partial charge >= 0.3 is 0 Å². The summed E-state index contributed by atoms with van der Waals surface area (Å²) in [5.41, 5.74) is 8.09. The van der Waals surface area contributed by atoms with Crippen LogP contribution in [0.1, 0.15) is 12.5 Å². The van der Waals surface area contributed by atoms with Crippen molar-refractivity contribution in [3.05, 3.63) is 22.8 Å². The predicted molar refractivity (Wildman–Crippen MR) is 73.8 cm³/mol. The van der Waals surface area contributed by atoms with E-state index in [1.54, 1.807) is 26.5 Å². The van der Waals surface area contributed by atoms with E-state index in [0.29, 0.717) is 28.5 Å². The lowest BCUT2D eigenvalue weighted by Gasteiger charge is -2.17. The highest BCUT2D eigenvalue weighted by Crippen LogP contribution is 2.44. The van der Waals surface area contributed by atoms with E-state index < -0.39 is 0 Å². The second-order valence-electron chi connectivity index (χ2n) is 3.90. The summed E-state index contributed by atoms with van der Waals surface area (Å²) >= 11 is 6.32. The molecule has 0 aliphatic heterocycles. The van der Waals surface area contributed by atoms with Crippen molar-refractivity contribution in [3.8, 4) is 22.6 Å². The van der Waals surface area contributed by atoms with Gasteiger partial charge in [0.25, 0.3) is 0 Å². The van der Waals surface area contributed by atoms with Crippen molar-refractivity contribution in [2.24, 2.45) is 0 Å². The zero-order valence-electron chi connectivity index (χ0n) is 11.0. The summed E-state index contributed by atoms with van der Waals surface area (Å²) in [6.45, 7) is 2.00. The number of aromatic nitrogens is 1. The van der Waals surface area contributed by atoms with Gasteiger partial charge in [0.15, 0.2) is 11.5 Å². The highest BCUT2D eigenvalue weighted by molar-refractivity contribution is 6.34. The first-order chi connectivity index (χ1) is 9.13. The van der Waals surface area contributed by atoms with Gasteiger partial charge in [-0.25, -0.2) is 0 Å². The van der Waals surface area contributed by atoms with Crippen LogP contribution in [-0.2, 0) is 6.42 Å². The fourth-order valence-corrected chi connectivity index (χ4v) is 2.41. The molecule has 0 saturated heterocycles. The molecule has 6 heteroatoms. The van der Waals surface area contributed by atoms with Crippen LogP contribution in [0.25, 0.3) is 11.1 Å². The monoisotopic (exact) mass is 282 g/mol. The average molecular weight is 283 g/mol. The SMILES string of the molecule is CCc1c(OC)c(OC)cc(Cl)c1-c1cnoc1N. The Kier molecular flexibility index (Phi) is 3.85. The van der Waals surface area contributed by atoms with Crippen LogP contribution in [0.15, 0.2) is 16.8 Å². The Morgan fingerprint density at radius 1 is 1.37 bits per heavy atom. The van der Waals surface area contributed by atoms with E-state index in [2.05, 4.69) is 5.16 Å². The van der Waals surface area contributed by atoms with E-state index in [1.807, 2.05) is 6.92 Å². The second-order valence-corrected chi connectivity index (χ2v) is 4.31. The van der Waals surface area contributed by atoms with Gasteiger partial charge in [0, 0.05) is 17.2 Å². The summed E-state index contributed by atoms with van der Waals surface area (Å²) in [6, 6.07) is 1.70. The van der Waals surface area contributed by atoms with Gasteiger partial charge < -0.3 is 19.7 Å². The summed E-state index contributed by atoms with van der Waals surface area (Å²) in [4.78, 5) is 0. The van der Waals surface area contributed by atoms with Gasteiger partial charge in [0.1, 0.15) is 0 Å². The van der Waals surface area contributed by atoms with Crippen molar-refractivity contribution in [1.82, 2.24) is 5.16 Å². The van der Waals surface area contributed by atoms with E-state index in [1.165, 1.54) is 0 Å². The molecule has 0 fully saturated rings. The summed E-state index contributed by atoms with van der Waals surface area (Å²) in [5.74, 6) is 1.46. The van der Waals surface area contributed by atoms with Gasteiger partial charge in [-0.1, -0.05) is 23.7 Å². The average Bonchev–Trinajstić information content (AvgIpc) is 2.83. The second kappa shape index (κ2) is 5.40. The lowest BCUT2D eigenvalue weighted by molar-refractivity contribution is 0.352. The van der Waals surface area contributed by atoms with Crippen molar-refractivity contribution in [3.63, 3.8) is 0 Å². The summed E-state index contributed by atoms with van der Waals surface area (Å²) in [5, 5.41) is 4.20. The zero-order chi connectivity index (χ0) is 14.0. The predicted octanol–water partition coefficient (Wildman–Crippen LogP) is 3.16. The van der Waals surface area contributed by atoms with Crippen molar-refractivity contribution in [1.29, 1.82) is 0 Å². The third kappa shape index (κ3) is 2.21. The molecule has 0 amide bonds. The van der Waals surface area contributed by atoms with Gasteiger partial charge in [-0.05, 0) is 6.42 Å². The number of methoxy groups -OCH3 is 2. The number of rotatable bonds is 4. The van der Waals surface area contributed by atoms with Crippen LogP contribution in [0.5, 0.6) is 11.5 Å². The standard InChI is InChI=1S/C13H15ClN2O3/c1-4-7-11(8-6-16-19-13(8)15)9(14)5-10(17-2)12(7)18-3/h5-6H,4,15H2,1-3H3. The first-order valence-corrected chi connectivity index (χ1v) is 6.15. The van der Waals surface area contributed by atoms with Crippen LogP contribution in [-0.4, -0.2) is 19.4 Å². The molecular weight excluding hydrogens is 268 g/mol. The molecule has 5 nitrogen and oxygen atoms in total. The molecule has 2 aromatic rings. The quantitative estimate of drug-likeness (QED) is 0.933. The van der Waals surface area contributed by atoms with E-state index in [4.69, 9.17) is 31.3 Å². The van der Waals surface area contributed by atoms with E-state index in [9.17, 15) is 0 Å². The molecule has 19 heavy (non-hydrogen) atoms. The lowest BCUT2D eigenvalue weighted by atomic mass is 9.98. The summed E-state index contributed by atoms with van der Waals surface area (Å²) in [7, 11) is 3.16. The molecule has 0 aliphatic rings. The smallest absolute Gasteiger partial charge is 0.230 e. The van der Waals surface area contributed by atoms with Crippen molar-refractivity contribution in [2.45, 2.75) is 13.3 Å². The minimum atomic E-state index is 0.226. The first kappa shape index (κ1) is 13.5. The number of hydrogen-bond donors (Lipinski definition) is 1. The van der Waals surface area contributed by atoms with Gasteiger partial charge in [0.05, 0.1) is 31.0 Å². The number of ether oxygens (including phenoxy) is 2. The normalized spacial score (nSPS) is 10.5. The molecule has 2 N–H and O–H groups in total. The third-order valence-corrected chi connectivity index (χ3v) is 3.24. The van der Waals surface area contributed by atoms with Crippen LogP contribution in [0.2, 0.25) is 5.02 Å². The molecule has 0 aliphatic carbocycles. The molecule has 102 valence electrons. The fraction of sp³-hybridized carbons (Fsp3) is 0.308. The summed E-state index contributed by atoms with van der Waals surface area (Å²) < 4.78 is 15.6. The van der Waals surface area contributed by atoms with Crippen LogP contribution in [0.4, 0.5) is 5.88 Å². The third-order valence-electron chi connectivity index (χ3n) is 2.94. The van der Waals surface area contributed by atoms with Crippen LogP contribution >= 0.6 is 11.6 Å². The Morgan fingerprint density at radius 3 is 2.58 bits per heavy atom. The maximum absolute atomic E-state index is 6.32. The Morgan fingerprint density at radius 2 is 2.11 bits per heavy atom. The molecule has 0 saturated carbocycles. The Labute approximate surface area is 116 Å². The number of anilines is 1. The number of nitrogens with zero attached hydrogens (tertiary/aromatic N) is 1. The number of halogens is 1. The largest absolute Gasteiger partial charge is 0.493 e. The molecular formula is C13H15ClN2O3. The maximum Gasteiger partial charge on any atom is 0.230 e. The molecule has 0 atom stereocenters. The number of nitrogens with two attached hydrogens (primary N) is 1. The first-order valence-electron chi connectivity index (χ1n) is 5.77.